The minimum Gasteiger partial charge on any atom is -0.490 e. The summed E-state index contributed by atoms with van der Waals surface area (Å²) >= 11 is 7.04. The van der Waals surface area contributed by atoms with Gasteiger partial charge in [0.15, 0.2) is 16.6 Å². The fourth-order valence-electron chi connectivity index (χ4n) is 3.35. The number of benzene rings is 1. The van der Waals surface area contributed by atoms with Crippen LogP contribution in [0, 0.1) is 0 Å². The second-order valence-corrected chi connectivity index (χ2v) is 8.02. The first-order chi connectivity index (χ1) is 14.1. The molecule has 3 rings (SSSR count). The minimum atomic E-state index is -0.317. The van der Waals surface area contributed by atoms with Crippen LogP contribution < -0.4 is 20.1 Å². The van der Waals surface area contributed by atoms with Gasteiger partial charge in [-0.15, -0.1) is 11.3 Å². The minimum absolute atomic E-state index is 0.317. The van der Waals surface area contributed by atoms with Gasteiger partial charge in [-0.2, -0.15) is 0 Å². The van der Waals surface area contributed by atoms with E-state index in [0.29, 0.717) is 30.4 Å². The Bertz CT molecular complexity index is 895. The number of methoxy groups -OCH3 is 1. The van der Waals surface area contributed by atoms with Crippen molar-refractivity contribution in [2.24, 2.45) is 0 Å². The maximum Gasteiger partial charge on any atom is 0.341 e. The van der Waals surface area contributed by atoms with E-state index in [0.717, 1.165) is 46.9 Å². The highest BCUT2D eigenvalue weighted by molar-refractivity contribution is 7.80. The number of thiocarbonyl (C=S) groups is 1. The SMILES string of the molecule is CCOc1ccc(CNC(=S)Nc2sc3c(c2C(=O)OC)CCC3)cc1OCC. The van der Waals surface area contributed by atoms with E-state index < -0.39 is 0 Å². The number of rotatable bonds is 8. The predicted octanol–water partition coefficient (Wildman–Crippen LogP) is 4.31. The Morgan fingerprint density at radius 3 is 2.66 bits per heavy atom. The van der Waals surface area contributed by atoms with Crippen molar-refractivity contribution in [1.82, 2.24) is 5.32 Å². The van der Waals surface area contributed by atoms with E-state index >= 15 is 0 Å². The fourth-order valence-corrected chi connectivity index (χ4v) is 4.87. The molecule has 1 aliphatic rings. The highest BCUT2D eigenvalue weighted by Gasteiger charge is 2.27. The normalized spacial score (nSPS) is 12.2. The number of aryl methyl sites for hydroxylation is 1. The molecule has 8 heteroatoms. The summed E-state index contributed by atoms with van der Waals surface area (Å²) in [6.07, 6.45) is 2.98. The molecule has 6 nitrogen and oxygen atoms in total. The Kier molecular flexibility index (Phi) is 7.33. The summed E-state index contributed by atoms with van der Waals surface area (Å²) in [4.78, 5) is 13.5. The average Bonchev–Trinajstić information content (AvgIpc) is 3.28. The largest absolute Gasteiger partial charge is 0.490 e. The molecular weight excluding hydrogens is 408 g/mol. The number of anilines is 1. The van der Waals surface area contributed by atoms with E-state index in [9.17, 15) is 4.79 Å². The zero-order valence-electron chi connectivity index (χ0n) is 16.9. The van der Waals surface area contributed by atoms with Crippen molar-refractivity contribution in [2.45, 2.75) is 39.7 Å². The number of hydrogen-bond acceptors (Lipinski definition) is 6. The van der Waals surface area contributed by atoms with Gasteiger partial charge in [0.1, 0.15) is 5.00 Å². The third kappa shape index (κ3) is 5.00. The molecule has 0 unspecified atom stereocenters. The van der Waals surface area contributed by atoms with Crippen LogP contribution in [0.3, 0.4) is 0 Å². The van der Waals surface area contributed by atoms with Crippen LogP contribution in [0.4, 0.5) is 5.00 Å². The second kappa shape index (κ2) is 9.93. The van der Waals surface area contributed by atoms with Crippen LogP contribution in [0.5, 0.6) is 11.5 Å². The number of hydrogen-bond donors (Lipinski definition) is 2. The lowest BCUT2D eigenvalue weighted by molar-refractivity contribution is 0.0601. The Morgan fingerprint density at radius 2 is 1.93 bits per heavy atom. The van der Waals surface area contributed by atoms with Gasteiger partial charge in [-0.1, -0.05) is 6.07 Å². The number of thiophene rings is 1. The van der Waals surface area contributed by atoms with Gasteiger partial charge in [0, 0.05) is 11.4 Å². The summed E-state index contributed by atoms with van der Waals surface area (Å²) in [5.41, 5.74) is 2.73. The fraction of sp³-hybridized carbons (Fsp3) is 0.429. The number of carbonyl (C=O) groups is 1. The topological polar surface area (TPSA) is 68.8 Å². The van der Waals surface area contributed by atoms with Gasteiger partial charge in [0.25, 0.3) is 0 Å². The van der Waals surface area contributed by atoms with Gasteiger partial charge in [0.05, 0.1) is 25.9 Å². The lowest BCUT2D eigenvalue weighted by Crippen LogP contribution is -2.28. The first-order valence-electron chi connectivity index (χ1n) is 9.73. The van der Waals surface area contributed by atoms with Gasteiger partial charge >= 0.3 is 5.97 Å². The van der Waals surface area contributed by atoms with Crippen LogP contribution in [0.15, 0.2) is 18.2 Å². The molecule has 0 atom stereocenters. The third-order valence-electron chi connectivity index (χ3n) is 4.60. The quantitative estimate of drug-likeness (QED) is 0.474. The van der Waals surface area contributed by atoms with Crippen LogP contribution in [0.25, 0.3) is 0 Å². The molecule has 0 saturated carbocycles. The summed E-state index contributed by atoms with van der Waals surface area (Å²) in [6.45, 7) is 5.56. The van der Waals surface area contributed by atoms with Gasteiger partial charge < -0.3 is 24.8 Å². The maximum absolute atomic E-state index is 12.3. The Morgan fingerprint density at radius 1 is 1.17 bits per heavy atom. The molecule has 0 bridgehead atoms. The number of carbonyl (C=O) groups excluding carboxylic acids is 1. The molecule has 1 aliphatic carbocycles. The van der Waals surface area contributed by atoms with Crippen molar-refractivity contribution < 1.29 is 19.0 Å². The molecule has 2 aromatic rings. The van der Waals surface area contributed by atoms with Crippen molar-refractivity contribution in [1.29, 1.82) is 0 Å². The molecule has 0 radical (unpaired) electrons. The molecule has 0 amide bonds. The zero-order chi connectivity index (χ0) is 20.8. The lowest BCUT2D eigenvalue weighted by atomic mass is 10.1. The molecule has 0 saturated heterocycles. The van der Waals surface area contributed by atoms with Crippen molar-refractivity contribution in [3.63, 3.8) is 0 Å². The number of esters is 1. The number of nitrogens with one attached hydrogen (secondary N) is 2. The van der Waals surface area contributed by atoms with Crippen molar-refractivity contribution in [3.05, 3.63) is 39.8 Å². The van der Waals surface area contributed by atoms with E-state index in [-0.39, 0.29) is 5.97 Å². The van der Waals surface area contributed by atoms with Crippen LogP contribution in [0.2, 0.25) is 0 Å². The molecule has 29 heavy (non-hydrogen) atoms. The van der Waals surface area contributed by atoms with Crippen molar-refractivity contribution >= 4 is 39.6 Å². The standard InChI is InChI=1S/C21H26N2O4S2/c1-4-26-15-10-9-13(11-16(15)27-5-2)12-22-21(28)23-19-18(20(24)25-3)14-7-6-8-17(14)29-19/h9-11H,4-8,12H2,1-3H3,(H2,22,23,28). The molecule has 1 heterocycles. The molecule has 1 aromatic carbocycles. The average molecular weight is 435 g/mol. The maximum atomic E-state index is 12.3. The second-order valence-electron chi connectivity index (χ2n) is 6.51. The Hall–Kier alpha value is -2.32. The lowest BCUT2D eigenvalue weighted by Gasteiger charge is -2.14. The van der Waals surface area contributed by atoms with Gasteiger partial charge in [-0.05, 0) is 68.6 Å². The molecule has 156 valence electrons. The molecule has 0 fully saturated rings. The summed E-state index contributed by atoms with van der Waals surface area (Å²) in [5.74, 6) is 1.13. The van der Waals surface area contributed by atoms with Crippen molar-refractivity contribution in [3.8, 4) is 11.5 Å². The summed E-state index contributed by atoms with van der Waals surface area (Å²) in [6, 6.07) is 5.83. The van der Waals surface area contributed by atoms with Crippen LogP contribution in [-0.2, 0) is 24.1 Å². The molecule has 0 spiro atoms. The summed E-state index contributed by atoms with van der Waals surface area (Å²) < 4.78 is 16.2. The third-order valence-corrected chi connectivity index (χ3v) is 6.05. The first kappa shape index (κ1) is 21.4. The predicted molar refractivity (Wildman–Crippen MR) is 120 cm³/mol. The van der Waals surface area contributed by atoms with E-state index in [2.05, 4.69) is 10.6 Å². The summed E-state index contributed by atoms with van der Waals surface area (Å²) in [7, 11) is 1.41. The zero-order valence-corrected chi connectivity index (χ0v) is 18.6. The molecule has 1 aromatic heterocycles. The van der Waals surface area contributed by atoms with Gasteiger partial charge in [-0.3, -0.25) is 0 Å². The first-order valence-corrected chi connectivity index (χ1v) is 11.0. The molecule has 0 aliphatic heterocycles. The monoisotopic (exact) mass is 434 g/mol. The van der Waals surface area contributed by atoms with Crippen LogP contribution in [-0.4, -0.2) is 31.4 Å². The Labute approximate surface area is 180 Å². The highest BCUT2D eigenvalue weighted by atomic mass is 32.1. The van der Waals surface area contributed by atoms with Crippen molar-refractivity contribution in [2.75, 3.05) is 25.6 Å². The van der Waals surface area contributed by atoms with E-state index in [4.69, 9.17) is 26.4 Å². The number of fused-ring (bicyclic) bond motifs is 1. The van der Waals surface area contributed by atoms with Gasteiger partial charge in [0.2, 0.25) is 0 Å². The number of ether oxygens (including phenoxy) is 3. The van der Waals surface area contributed by atoms with E-state index in [1.807, 2.05) is 32.0 Å². The molecule has 2 N–H and O–H groups in total. The van der Waals surface area contributed by atoms with Crippen LogP contribution in [0.1, 0.15) is 46.6 Å². The smallest absolute Gasteiger partial charge is 0.341 e. The highest BCUT2D eigenvalue weighted by Crippen LogP contribution is 2.39. The van der Waals surface area contributed by atoms with E-state index in [1.165, 1.54) is 12.0 Å². The summed E-state index contributed by atoms with van der Waals surface area (Å²) in [5, 5.41) is 7.59. The van der Waals surface area contributed by atoms with Crippen LogP contribution >= 0.6 is 23.6 Å². The molecular formula is C21H26N2O4S2. The van der Waals surface area contributed by atoms with E-state index in [1.54, 1.807) is 11.3 Å². The Balaban J connectivity index is 1.66. The van der Waals surface area contributed by atoms with Gasteiger partial charge in [-0.25, -0.2) is 4.79 Å².